The zero-order valence-corrected chi connectivity index (χ0v) is 11.9. The molecule has 0 saturated heterocycles. The molecule has 0 aliphatic heterocycles. The number of nitrogens with one attached hydrogen (secondary N) is 1. The molecule has 106 valence electrons. The van der Waals surface area contributed by atoms with E-state index in [0.717, 1.165) is 0 Å². The summed E-state index contributed by atoms with van der Waals surface area (Å²) in [6.07, 6.45) is 0. The van der Waals surface area contributed by atoms with Crippen LogP contribution < -0.4 is 9.46 Å². The van der Waals surface area contributed by atoms with Gasteiger partial charge in [0.15, 0.2) is 0 Å². The zero-order chi connectivity index (χ0) is 14.5. The van der Waals surface area contributed by atoms with E-state index < -0.39 is 16.0 Å². The van der Waals surface area contributed by atoms with E-state index in [1.54, 1.807) is 19.9 Å². The van der Waals surface area contributed by atoms with E-state index in [2.05, 4.69) is 9.46 Å². The first-order valence-electron chi connectivity index (χ1n) is 5.70. The molecule has 0 fully saturated rings. The standard InChI is InChI=1S/C12H17NO5S/c1-4-18-12(14)8-13-19(15,16)10-5-6-11(17-3)9(2)7-10/h5-7,13H,4,8H2,1-3H3. The van der Waals surface area contributed by atoms with Gasteiger partial charge in [-0.2, -0.15) is 4.72 Å². The molecule has 0 amide bonds. The largest absolute Gasteiger partial charge is 0.496 e. The third kappa shape index (κ3) is 4.22. The second-order valence-electron chi connectivity index (χ2n) is 3.76. The highest BCUT2D eigenvalue weighted by Gasteiger charge is 2.16. The van der Waals surface area contributed by atoms with Crippen LogP contribution in [0.3, 0.4) is 0 Å². The molecule has 1 aromatic rings. The summed E-state index contributed by atoms with van der Waals surface area (Å²) in [5.41, 5.74) is 0.696. The quantitative estimate of drug-likeness (QED) is 0.784. The molecular weight excluding hydrogens is 270 g/mol. The summed E-state index contributed by atoms with van der Waals surface area (Å²) >= 11 is 0. The van der Waals surface area contributed by atoms with Crippen molar-refractivity contribution in [2.75, 3.05) is 20.3 Å². The van der Waals surface area contributed by atoms with Crippen LogP contribution in [0.4, 0.5) is 0 Å². The molecule has 0 atom stereocenters. The highest BCUT2D eigenvalue weighted by Crippen LogP contribution is 2.21. The van der Waals surface area contributed by atoms with E-state index in [0.29, 0.717) is 11.3 Å². The molecule has 1 N–H and O–H groups in total. The SMILES string of the molecule is CCOC(=O)CNS(=O)(=O)c1ccc(OC)c(C)c1. The second kappa shape index (κ2) is 6.53. The molecule has 1 aromatic carbocycles. The van der Waals surface area contributed by atoms with Gasteiger partial charge < -0.3 is 9.47 Å². The number of hydrogen-bond donors (Lipinski definition) is 1. The van der Waals surface area contributed by atoms with Gasteiger partial charge in [0, 0.05) is 0 Å². The van der Waals surface area contributed by atoms with Crippen LogP contribution in [-0.2, 0) is 19.6 Å². The van der Waals surface area contributed by atoms with Gasteiger partial charge in [-0.05, 0) is 37.6 Å². The van der Waals surface area contributed by atoms with Gasteiger partial charge in [0.1, 0.15) is 12.3 Å². The van der Waals surface area contributed by atoms with Gasteiger partial charge in [0.2, 0.25) is 10.0 Å². The molecule has 0 bridgehead atoms. The van der Waals surface area contributed by atoms with E-state index in [-0.39, 0.29) is 18.0 Å². The third-order valence-electron chi connectivity index (χ3n) is 2.39. The van der Waals surface area contributed by atoms with Crippen LogP contribution >= 0.6 is 0 Å². The lowest BCUT2D eigenvalue weighted by molar-refractivity contribution is -0.141. The Labute approximate surface area is 112 Å². The minimum atomic E-state index is -3.73. The van der Waals surface area contributed by atoms with Crippen LogP contribution in [0.5, 0.6) is 5.75 Å². The average molecular weight is 287 g/mol. The Bertz CT molecular complexity index is 553. The highest BCUT2D eigenvalue weighted by molar-refractivity contribution is 7.89. The first kappa shape index (κ1) is 15.5. The minimum absolute atomic E-state index is 0.0788. The van der Waals surface area contributed by atoms with E-state index in [9.17, 15) is 13.2 Å². The molecule has 0 radical (unpaired) electrons. The van der Waals surface area contributed by atoms with Crippen molar-refractivity contribution >= 4 is 16.0 Å². The maximum atomic E-state index is 11.9. The molecule has 0 aliphatic rings. The minimum Gasteiger partial charge on any atom is -0.496 e. The smallest absolute Gasteiger partial charge is 0.321 e. The molecule has 0 aliphatic carbocycles. The Morgan fingerprint density at radius 1 is 1.37 bits per heavy atom. The maximum absolute atomic E-state index is 11.9. The summed E-state index contributed by atoms with van der Waals surface area (Å²) in [5, 5.41) is 0. The van der Waals surface area contributed by atoms with Gasteiger partial charge in [0.25, 0.3) is 0 Å². The van der Waals surface area contributed by atoms with Crippen molar-refractivity contribution in [3.05, 3.63) is 23.8 Å². The van der Waals surface area contributed by atoms with Gasteiger partial charge in [-0.1, -0.05) is 0 Å². The summed E-state index contributed by atoms with van der Waals surface area (Å²) in [6, 6.07) is 4.46. The molecule has 1 rings (SSSR count). The zero-order valence-electron chi connectivity index (χ0n) is 11.1. The number of aryl methyl sites for hydroxylation is 1. The fraction of sp³-hybridized carbons (Fsp3) is 0.417. The fourth-order valence-corrected chi connectivity index (χ4v) is 2.52. The Kier molecular flexibility index (Phi) is 5.31. The molecule has 19 heavy (non-hydrogen) atoms. The predicted molar refractivity (Wildman–Crippen MR) is 69.6 cm³/mol. The normalized spacial score (nSPS) is 11.1. The van der Waals surface area contributed by atoms with Crippen molar-refractivity contribution in [1.29, 1.82) is 0 Å². The van der Waals surface area contributed by atoms with Crippen molar-refractivity contribution in [3.63, 3.8) is 0 Å². The maximum Gasteiger partial charge on any atom is 0.321 e. The number of methoxy groups -OCH3 is 1. The van der Waals surface area contributed by atoms with Gasteiger partial charge >= 0.3 is 5.97 Å². The molecule has 0 aromatic heterocycles. The Hall–Kier alpha value is -1.60. The monoisotopic (exact) mass is 287 g/mol. The first-order valence-corrected chi connectivity index (χ1v) is 7.19. The van der Waals surface area contributed by atoms with Crippen molar-refractivity contribution in [3.8, 4) is 5.75 Å². The van der Waals surface area contributed by atoms with Gasteiger partial charge in [-0.3, -0.25) is 4.79 Å². The lowest BCUT2D eigenvalue weighted by Gasteiger charge is -2.09. The van der Waals surface area contributed by atoms with Crippen LogP contribution in [0, 0.1) is 6.92 Å². The van der Waals surface area contributed by atoms with E-state index in [1.807, 2.05) is 0 Å². The van der Waals surface area contributed by atoms with Crippen LogP contribution in [0.2, 0.25) is 0 Å². The Morgan fingerprint density at radius 3 is 2.58 bits per heavy atom. The van der Waals surface area contributed by atoms with E-state index in [1.165, 1.54) is 19.2 Å². The van der Waals surface area contributed by atoms with Gasteiger partial charge in [0.05, 0.1) is 18.6 Å². The molecule has 6 nitrogen and oxygen atoms in total. The number of sulfonamides is 1. The average Bonchev–Trinajstić information content (AvgIpc) is 2.37. The van der Waals surface area contributed by atoms with E-state index in [4.69, 9.17) is 4.74 Å². The third-order valence-corrected chi connectivity index (χ3v) is 3.79. The van der Waals surface area contributed by atoms with E-state index >= 15 is 0 Å². The summed E-state index contributed by atoms with van der Waals surface area (Å²) in [6.45, 7) is 3.21. The van der Waals surface area contributed by atoms with Crippen molar-refractivity contribution < 1.29 is 22.7 Å². The molecule has 0 unspecified atom stereocenters. The summed E-state index contributed by atoms with van der Waals surface area (Å²) in [5.74, 6) is -0.0133. The topological polar surface area (TPSA) is 81.7 Å². The Balaban J connectivity index is 2.83. The van der Waals surface area contributed by atoms with Crippen LogP contribution in [0.25, 0.3) is 0 Å². The second-order valence-corrected chi connectivity index (χ2v) is 5.53. The van der Waals surface area contributed by atoms with Crippen molar-refractivity contribution in [2.45, 2.75) is 18.7 Å². The Morgan fingerprint density at radius 2 is 2.05 bits per heavy atom. The molecule has 0 spiro atoms. The first-order chi connectivity index (χ1) is 8.90. The van der Waals surface area contributed by atoms with Crippen LogP contribution in [0.15, 0.2) is 23.1 Å². The van der Waals surface area contributed by atoms with Crippen LogP contribution in [0.1, 0.15) is 12.5 Å². The number of ether oxygens (including phenoxy) is 2. The predicted octanol–water partition coefficient (Wildman–Crippen LogP) is 0.845. The van der Waals surface area contributed by atoms with Crippen molar-refractivity contribution in [1.82, 2.24) is 4.72 Å². The summed E-state index contributed by atoms with van der Waals surface area (Å²) in [4.78, 5) is 11.2. The molecular formula is C12H17NO5S. The number of carbonyl (C=O) groups is 1. The summed E-state index contributed by atoms with van der Waals surface area (Å²) in [7, 11) is -2.22. The number of esters is 1. The number of benzene rings is 1. The molecule has 7 heteroatoms. The molecule has 0 saturated carbocycles. The fourth-order valence-electron chi connectivity index (χ4n) is 1.47. The van der Waals surface area contributed by atoms with Gasteiger partial charge in [-0.15, -0.1) is 0 Å². The molecule has 0 heterocycles. The van der Waals surface area contributed by atoms with Crippen molar-refractivity contribution in [2.24, 2.45) is 0 Å². The van der Waals surface area contributed by atoms with Crippen LogP contribution in [-0.4, -0.2) is 34.6 Å². The lowest BCUT2D eigenvalue weighted by atomic mass is 10.2. The number of rotatable bonds is 6. The number of hydrogen-bond acceptors (Lipinski definition) is 5. The lowest BCUT2D eigenvalue weighted by Crippen LogP contribution is -2.30. The summed E-state index contributed by atoms with van der Waals surface area (Å²) < 4.78 is 35.7. The van der Waals surface area contributed by atoms with Gasteiger partial charge in [-0.25, -0.2) is 8.42 Å². The number of carbonyl (C=O) groups excluding carboxylic acids is 1. The highest BCUT2D eigenvalue weighted by atomic mass is 32.2.